The number of aryl methyl sites for hydroxylation is 2. The molecule has 2 N–H and O–H groups in total. The minimum absolute atomic E-state index is 0.0593. The van der Waals surface area contributed by atoms with Crippen LogP contribution in [0, 0.1) is 24.0 Å². The predicted molar refractivity (Wildman–Crippen MR) is 121 cm³/mol. The van der Waals surface area contributed by atoms with Gasteiger partial charge in [0, 0.05) is 23.9 Å². The minimum atomic E-state index is -0.498. The van der Waals surface area contributed by atoms with Gasteiger partial charge in [0.15, 0.2) is 0 Å². The molecule has 0 unspecified atom stereocenters. The zero-order valence-electron chi connectivity index (χ0n) is 17.1. The summed E-state index contributed by atoms with van der Waals surface area (Å²) in [6.07, 6.45) is 2.73. The number of carbonyl (C=O) groups excluding carboxylic acids is 2. The van der Waals surface area contributed by atoms with Crippen molar-refractivity contribution >= 4 is 35.0 Å². The Morgan fingerprint density at radius 1 is 0.903 bits per heavy atom. The molecule has 0 saturated heterocycles. The molecule has 7 nitrogen and oxygen atoms in total. The first kappa shape index (κ1) is 21.4. The number of benzene rings is 3. The smallest absolute Gasteiger partial charge is 0.270 e. The largest absolute Gasteiger partial charge is 0.322 e. The molecule has 0 bridgehead atoms. The normalized spacial score (nSPS) is 10.6. The Morgan fingerprint density at radius 3 is 2.42 bits per heavy atom. The van der Waals surface area contributed by atoms with Crippen LogP contribution in [0.1, 0.15) is 27.0 Å². The molecule has 0 spiro atoms. The molecule has 0 heterocycles. The second-order valence-corrected chi connectivity index (χ2v) is 6.97. The number of anilines is 2. The third kappa shape index (κ3) is 5.63. The van der Waals surface area contributed by atoms with Gasteiger partial charge in [-0.2, -0.15) is 0 Å². The lowest BCUT2D eigenvalue weighted by Crippen LogP contribution is -2.17. The monoisotopic (exact) mass is 415 g/mol. The Labute approximate surface area is 179 Å². The Morgan fingerprint density at radius 2 is 1.68 bits per heavy atom. The highest BCUT2D eigenvalue weighted by atomic mass is 16.6. The lowest BCUT2D eigenvalue weighted by Gasteiger charge is -2.11. The number of amides is 2. The summed E-state index contributed by atoms with van der Waals surface area (Å²) >= 11 is 0. The van der Waals surface area contributed by atoms with Crippen molar-refractivity contribution < 1.29 is 14.5 Å². The van der Waals surface area contributed by atoms with E-state index in [2.05, 4.69) is 10.6 Å². The van der Waals surface area contributed by atoms with Crippen molar-refractivity contribution in [1.29, 1.82) is 0 Å². The molecule has 7 heteroatoms. The number of nitro benzene ring substituents is 1. The second kappa shape index (κ2) is 9.49. The van der Waals surface area contributed by atoms with Crippen molar-refractivity contribution in [3.05, 3.63) is 105 Å². The molecule has 0 aromatic heterocycles. The van der Waals surface area contributed by atoms with Crippen molar-refractivity contribution in [2.24, 2.45) is 0 Å². The van der Waals surface area contributed by atoms with Gasteiger partial charge in [-0.05, 0) is 60.9 Å². The van der Waals surface area contributed by atoms with Gasteiger partial charge in [0.05, 0.1) is 16.2 Å². The van der Waals surface area contributed by atoms with Crippen LogP contribution in [0.5, 0.6) is 0 Å². The molecule has 31 heavy (non-hydrogen) atoms. The van der Waals surface area contributed by atoms with E-state index in [1.54, 1.807) is 36.4 Å². The highest BCUT2D eigenvalue weighted by Crippen LogP contribution is 2.20. The molecule has 2 amide bonds. The van der Waals surface area contributed by atoms with E-state index in [0.717, 1.165) is 11.1 Å². The molecule has 0 aliphatic carbocycles. The van der Waals surface area contributed by atoms with Crippen LogP contribution in [0.4, 0.5) is 17.1 Å². The summed E-state index contributed by atoms with van der Waals surface area (Å²) in [5.74, 6) is -0.806. The number of non-ortho nitro benzene ring substituents is 1. The first-order chi connectivity index (χ1) is 14.8. The van der Waals surface area contributed by atoms with E-state index in [9.17, 15) is 19.7 Å². The molecule has 0 saturated carbocycles. The maximum absolute atomic E-state index is 12.7. The van der Waals surface area contributed by atoms with Crippen LogP contribution in [0.3, 0.4) is 0 Å². The highest BCUT2D eigenvalue weighted by Gasteiger charge is 2.13. The minimum Gasteiger partial charge on any atom is -0.322 e. The summed E-state index contributed by atoms with van der Waals surface area (Å²) in [5, 5.41) is 16.4. The third-order valence-corrected chi connectivity index (χ3v) is 4.70. The number of carbonyl (C=O) groups is 2. The van der Waals surface area contributed by atoms with Crippen molar-refractivity contribution in [2.75, 3.05) is 10.6 Å². The van der Waals surface area contributed by atoms with E-state index in [0.29, 0.717) is 22.5 Å². The van der Waals surface area contributed by atoms with Gasteiger partial charge < -0.3 is 10.6 Å². The van der Waals surface area contributed by atoms with Crippen LogP contribution in [0.15, 0.2) is 72.8 Å². The Balaban J connectivity index is 1.73. The van der Waals surface area contributed by atoms with Crippen molar-refractivity contribution in [2.45, 2.75) is 13.8 Å². The van der Waals surface area contributed by atoms with Gasteiger partial charge in [0.2, 0.25) is 5.91 Å². The van der Waals surface area contributed by atoms with E-state index < -0.39 is 10.8 Å². The average molecular weight is 415 g/mol. The van der Waals surface area contributed by atoms with Crippen molar-refractivity contribution in [3.8, 4) is 0 Å². The number of hydrogen-bond donors (Lipinski definition) is 2. The van der Waals surface area contributed by atoms with Gasteiger partial charge in [0.1, 0.15) is 0 Å². The predicted octanol–water partition coefficient (Wildman–Crippen LogP) is 5.12. The fraction of sp³-hybridized carbons (Fsp3) is 0.0833. The van der Waals surface area contributed by atoms with Crippen LogP contribution in [-0.2, 0) is 4.79 Å². The summed E-state index contributed by atoms with van der Waals surface area (Å²) in [5.41, 5.74) is 3.99. The van der Waals surface area contributed by atoms with E-state index in [4.69, 9.17) is 0 Å². The standard InChI is InChI=1S/C24H21N3O4/c1-16-10-12-19(14-17(16)2)25-24(29)21-8-3-4-9-22(21)26-23(28)13-11-18-6-5-7-20(15-18)27(30)31/h3-15H,1-2H3,(H,25,29)(H,26,28)/b13-11+. The van der Waals surface area contributed by atoms with Crippen LogP contribution in [0.25, 0.3) is 6.08 Å². The molecule has 0 fully saturated rings. The fourth-order valence-corrected chi connectivity index (χ4v) is 2.90. The molecular formula is C24H21N3O4. The number of nitrogens with zero attached hydrogens (tertiary/aromatic N) is 1. The van der Waals surface area contributed by atoms with Crippen LogP contribution >= 0.6 is 0 Å². The zero-order valence-corrected chi connectivity index (χ0v) is 17.1. The van der Waals surface area contributed by atoms with Crippen molar-refractivity contribution in [1.82, 2.24) is 0 Å². The van der Waals surface area contributed by atoms with Gasteiger partial charge in [-0.1, -0.05) is 30.3 Å². The van der Waals surface area contributed by atoms with E-state index in [1.807, 2.05) is 32.0 Å². The molecule has 0 aliphatic heterocycles. The van der Waals surface area contributed by atoms with Gasteiger partial charge in [-0.15, -0.1) is 0 Å². The SMILES string of the molecule is Cc1ccc(NC(=O)c2ccccc2NC(=O)/C=C/c2cccc([N+](=O)[O-])c2)cc1C. The molecule has 0 aliphatic rings. The number of para-hydroxylation sites is 1. The summed E-state index contributed by atoms with van der Waals surface area (Å²) in [6.45, 7) is 3.96. The first-order valence-electron chi connectivity index (χ1n) is 9.54. The third-order valence-electron chi connectivity index (χ3n) is 4.70. The Hall–Kier alpha value is -4.26. The van der Waals surface area contributed by atoms with Crippen LogP contribution < -0.4 is 10.6 Å². The van der Waals surface area contributed by atoms with Gasteiger partial charge in [0.25, 0.3) is 11.6 Å². The number of rotatable bonds is 6. The van der Waals surface area contributed by atoms with Crippen LogP contribution in [0.2, 0.25) is 0 Å². The topological polar surface area (TPSA) is 101 Å². The summed E-state index contributed by atoms with van der Waals surface area (Å²) in [6, 6.07) is 18.3. The molecule has 3 aromatic carbocycles. The number of hydrogen-bond acceptors (Lipinski definition) is 4. The zero-order chi connectivity index (χ0) is 22.4. The summed E-state index contributed by atoms with van der Waals surface area (Å²) in [4.78, 5) is 35.5. The number of nitro groups is 1. The molecule has 0 radical (unpaired) electrons. The summed E-state index contributed by atoms with van der Waals surface area (Å²) in [7, 11) is 0. The lowest BCUT2D eigenvalue weighted by atomic mass is 10.1. The van der Waals surface area contributed by atoms with E-state index in [1.165, 1.54) is 24.3 Å². The second-order valence-electron chi connectivity index (χ2n) is 6.97. The van der Waals surface area contributed by atoms with Crippen LogP contribution in [-0.4, -0.2) is 16.7 Å². The highest BCUT2D eigenvalue weighted by molar-refractivity contribution is 6.11. The maximum atomic E-state index is 12.7. The number of nitrogens with one attached hydrogen (secondary N) is 2. The first-order valence-corrected chi connectivity index (χ1v) is 9.54. The molecule has 3 aromatic rings. The summed E-state index contributed by atoms with van der Waals surface area (Å²) < 4.78 is 0. The Kier molecular flexibility index (Phi) is 6.57. The van der Waals surface area contributed by atoms with Gasteiger partial charge in [-0.25, -0.2) is 0 Å². The van der Waals surface area contributed by atoms with Crippen molar-refractivity contribution in [3.63, 3.8) is 0 Å². The van der Waals surface area contributed by atoms with E-state index >= 15 is 0 Å². The fourth-order valence-electron chi connectivity index (χ4n) is 2.90. The molecule has 156 valence electrons. The molecule has 3 rings (SSSR count). The quantitative estimate of drug-likeness (QED) is 0.332. The lowest BCUT2D eigenvalue weighted by molar-refractivity contribution is -0.384. The molecular weight excluding hydrogens is 394 g/mol. The van der Waals surface area contributed by atoms with Gasteiger partial charge >= 0.3 is 0 Å². The van der Waals surface area contributed by atoms with Gasteiger partial charge in [-0.3, -0.25) is 19.7 Å². The molecule has 0 atom stereocenters. The Bertz CT molecular complexity index is 1180. The maximum Gasteiger partial charge on any atom is 0.270 e. The van der Waals surface area contributed by atoms with E-state index in [-0.39, 0.29) is 11.6 Å². The average Bonchev–Trinajstić information content (AvgIpc) is 2.75.